The molecule has 1 aliphatic rings. The van der Waals surface area contributed by atoms with E-state index in [-0.39, 0.29) is 0 Å². The van der Waals surface area contributed by atoms with Crippen molar-refractivity contribution in [3.63, 3.8) is 0 Å². The Morgan fingerprint density at radius 3 is 2.31 bits per heavy atom. The van der Waals surface area contributed by atoms with E-state index < -0.39 is 0 Å². The Morgan fingerprint density at radius 2 is 2.00 bits per heavy atom. The second-order valence-corrected chi connectivity index (χ2v) is 5.12. The van der Waals surface area contributed by atoms with Crippen molar-refractivity contribution in [2.75, 3.05) is 18.4 Å². The second-order valence-electron chi connectivity index (χ2n) is 4.48. The smallest absolute Gasteiger partial charge is 0.00964 e. The van der Waals surface area contributed by atoms with Crippen LogP contribution < -0.4 is 0 Å². The molecule has 78 valence electrons. The first kappa shape index (κ1) is 11.5. The first-order chi connectivity index (χ1) is 6.19. The van der Waals surface area contributed by atoms with Crippen molar-refractivity contribution >= 4 is 15.9 Å². The Morgan fingerprint density at radius 1 is 1.38 bits per heavy atom. The standard InChI is InChI=1S/C11H22BrN/c1-4-13(11-5-6-11)8-10(7-12)9(2)3/h9-11H,4-8H2,1-3H3. The van der Waals surface area contributed by atoms with Gasteiger partial charge in [0.15, 0.2) is 0 Å². The summed E-state index contributed by atoms with van der Waals surface area (Å²) in [6.45, 7) is 9.44. The Hall–Kier alpha value is 0.440. The number of alkyl halides is 1. The maximum absolute atomic E-state index is 3.62. The molecule has 0 saturated heterocycles. The lowest BCUT2D eigenvalue weighted by atomic mass is 9.97. The molecule has 1 atom stereocenters. The molecular weight excluding hydrogens is 226 g/mol. The van der Waals surface area contributed by atoms with Gasteiger partial charge < -0.3 is 4.90 Å². The van der Waals surface area contributed by atoms with Gasteiger partial charge >= 0.3 is 0 Å². The first-order valence-corrected chi connectivity index (χ1v) is 6.61. The van der Waals surface area contributed by atoms with Gasteiger partial charge in [-0.2, -0.15) is 0 Å². The average Bonchev–Trinajstić information content (AvgIpc) is 2.89. The van der Waals surface area contributed by atoms with Crippen LogP contribution in [0, 0.1) is 11.8 Å². The van der Waals surface area contributed by atoms with Gasteiger partial charge in [0.2, 0.25) is 0 Å². The van der Waals surface area contributed by atoms with Gasteiger partial charge in [-0.25, -0.2) is 0 Å². The van der Waals surface area contributed by atoms with E-state index in [1.807, 2.05) is 0 Å². The lowest BCUT2D eigenvalue weighted by molar-refractivity contribution is 0.215. The van der Waals surface area contributed by atoms with E-state index in [4.69, 9.17) is 0 Å². The molecule has 0 spiro atoms. The third-order valence-electron chi connectivity index (χ3n) is 3.08. The molecule has 0 N–H and O–H groups in total. The molecule has 0 bridgehead atoms. The highest BCUT2D eigenvalue weighted by molar-refractivity contribution is 9.09. The van der Waals surface area contributed by atoms with Crippen LogP contribution >= 0.6 is 15.9 Å². The Balaban J connectivity index is 2.33. The molecular formula is C11H22BrN. The highest BCUT2D eigenvalue weighted by atomic mass is 79.9. The van der Waals surface area contributed by atoms with Crippen molar-refractivity contribution in [3.8, 4) is 0 Å². The molecule has 1 rings (SSSR count). The van der Waals surface area contributed by atoms with Gasteiger partial charge in [0.25, 0.3) is 0 Å². The van der Waals surface area contributed by atoms with Crippen LogP contribution in [0.2, 0.25) is 0 Å². The molecule has 0 heterocycles. The second kappa shape index (κ2) is 5.35. The van der Waals surface area contributed by atoms with E-state index in [0.717, 1.165) is 23.2 Å². The topological polar surface area (TPSA) is 3.24 Å². The quantitative estimate of drug-likeness (QED) is 0.653. The average molecular weight is 248 g/mol. The van der Waals surface area contributed by atoms with Crippen LogP contribution in [0.15, 0.2) is 0 Å². The number of hydrogen-bond donors (Lipinski definition) is 0. The maximum atomic E-state index is 3.62. The fourth-order valence-electron chi connectivity index (χ4n) is 1.72. The summed E-state index contributed by atoms with van der Waals surface area (Å²) in [6, 6.07) is 0.922. The van der Waals surface area contributed by atoms with Crippen LogP contribution in [-0.2, 0) is 0 Å². The summed E-state index contributed by atoms with van der Waals surface area (Å²) in [5.74, 6) is 1.62. The minimum atomic E-state index is 0.798. The zero-order chi connectivity index (χ0) is 9.84. The van der Waals surface area contributed by atoms with Gasteiger partial charge in [-0.3, -0.25) is 0 Å². The molecule has 1 fully saturated rings. The van der Waals surface area contributed by atoms with Gasteiger partial charge in [-0.05, 0) is 31.2 Å². The molecule has 2 heteroatoms. The van der Waals surface area contributed by atoms with Crippen LogP contribution in [-0.4, -0.2) is 29.4 Å². The Bertz CT molecular complexity index is 135. The van der Waals surface area contributed by atoms with E-state index in [9.17, 15) is 0 Å². The van der Waals surface area contributed by atoms with E-state index in [0.29, 0.717) is 0 Å². The minimum absolute atomic E-state index is 0.798. The van der Waals surface area contributed by atoms with Gasteiger partial charge in [0.1, 0.15) is 0 Å². The lowest BCUT2D eigenvalue weighted by Crippen LogP contribution is -2.34. The van der Waals surface area contributed by atoms with E-state index >= 15 is 0 Å². The van der Waals surface area contributed by atoms with Crippen molar-refractivity contribution in [2.24, 2.45) is 11.8 Å². The van der Waals surface area contributed by atoms with Crippen LogP contribution in [0.5, 0.6) is 0 Å². The minimum Gasteiger partial charge on any atom is -0.300 e. The molecule has 13 heavy (non-hydrogen) atoms. The molecule has 1 saturated carbocycles. The summed E-state index contributed by atoms with van der Waals surface area (Å²) in [4.78, 5) is 2.64. The van der Waals surface area contributed by atoms with Crippen molar-refractivity contribution in [1.82, 2.24) is 4.90 Å². The predicted molar refractivity (Wildman–Crippen MR) is 62.4 cm³/mol. The molecule has 0 aromatic carbocycles. The molecule has 0 radical (unpaired) electrons. The monoisotopic (exact) mass is 247 g/mol. The predicted octanol–water partition coefficient (Wildman–Crippen LogP) is 3.14. The third kappa shape index (κ3) is 3.59. The zero-order valence-corrected chi connectivity index (χ0v) is 10.7. The van der Waals surface area contributed by atoms with Crippen molar-refractivity contribution in [2.45, 2.75) is 39.7 Å². The van der Waals surface area contributed by atoms with E-state index in [2.05, 4.69) is 41.6 Å². The summed E-state index contributed by atoms with van der Waals surface area (Å²) >= 11 is 3.62. The summed E-state index contributed by atoms with van der Waals surface area (Å²) in [6.07, 6.45) is 2.86. The lowest BCUT2D eigenvalue weighted by Gasteiger charge is -2.27. The summed E-state index contributed by atoms with van der Waals surface area (Å²) in [5, 5.41) is 1.15. The van der Waals surface area contributed by atoms with Gasteiger partial charge in [0.05, 0.1) is 0 Å². The molecule has 0 amide bonds. The summed E-state index contributed by atoms with van der Waals surface area (Å²) < 4.78 is 0. The van der Waals surface area contributed by atoms with Crippen LogP contribution in [0.3, 0.4) is 0 Å². The molecule has 1 aliphatic carbocycles. The van der Waals surface area contributed by atoms with E-state index in [1.165, 1.54) is 25.9 Å². The molecule has 1 unspecified atom stereocenters. The molecule has 1 nitrogen and oxygen atoms in total. The highest BCUT2D eigenvalue weighted by Crippen LogP contribution is 2.28. The van der Waals surface area contributed by atoms with Crippen molar-refractivity contribution in [3.05, 3.63) is 0 Å². The first-order valence-electron chi connectivity index (χ1n) is 5.49. The number of rotatable bonds is 6. The fraction of sp³-hybridized carbons (Fsp3) is 1.00. The third-order valence-corrected chi connectivity index (χ3v) is 3.91. The fourth-order valence-corrected chi connectivity index (χ4v) is 2.67. The maximum Gasteiger partial charge on any atom is 0.00964 e. The SMILES string of the molecule is CCN(CC(CBr)C(C)C)C1CC1. The summed E-state index contributed by atoms with van der Waals surface area (Å²) in [5.41, 5.74) is 0. The number of hydrogen-bond acceptors (Lipinski definition) is 1. The van der Waals surface area contributed by atoms with Crippen LogP contribution in [0.25, 0.3) is 0 Å². The van der Waals surface area contributed by atoms with Gasteiger partial charge in [0, 0.05) is 17.9 Å². The number of nitrogens with zero attached hydrogens (tertiary/aromatic N) is 1. The number of halogens is 1. The van der Waals surface area contributed by atoms with Crippen molar-refractivity contribution in [1.29, 1.82) is 0 Å². The van der Waals surface area contributed by atoms with Gasteiger partial charge in [-0.1, -0.05) is 36.7 Å². The van der Waals surface area contributed by atoms with Crippen molar-refractivity contribution < 1.29 is 0 Å². The van der Waals surface area contributed by atoms with E-state index in [1.54, 1.807) is 0 Å². The van der Waals surface area contributed by atoms with Crippen LogP contribution in [0.4, 0.5) is 0 Å². The normalized spacial score (nSPS) is 19.8. The van der Waals surface area contributed by atoms with Gasteiger partial charge in [-0.15, -0.1) is 0 Å². The Labute approximate surface area is 91.0 Å². The molecule has 0 aromatic rings. The molecule has 0 aromatic heterocycles. The molecule has 0 aliphatic heterocycles. The summed E-state index contributed by atoms with van der Waals surface area (Å²) in [7, 11) is 0. The Kier molecular flexibility index (Phi) is 4.74. The van der Waals surface area contributed by atoms with Crippen LogP contribution in [0.1, 0.15) is 33.6 Å². The largest absolute Gasteiger partial charge is 0.300 e. The zero-order valence-electron chi connectivity index (χ0n) is 9.09. The highest BCUT2D eigenvalue weighted by Gasteiger charge is 2.29.